The number of ether oxygens (including phenoxy) is 2. The average Bonchev–Trinajstić information content (AvgIpc) is 3.23. The molecule has 292 valence electrons. The van der Waals surface area contributed by atoms with Crippen molar-refractivity contribution in [3.63, 3.8) is 0 Å². The summed E-state index contributed by atoms with van der Waals surface area (Å²) in [7, 11) is 2.01. The molecule has 0 spiro atoms. The molecular weight excluding hydrogens is 705 g/mol. The van der Waals surface area contributed by atoms with E-state index in [1.54, 1.807) is 24.3 Å². The third-order valence-corrected chi connectivity index (χ3v) is 10.4. The molecule has 10 heteroatoms. The Kier molecular flexibility index (Phi) is 14.0. The van der Waals surface area contributed by atoms with Gasteiger partial charge in [-0.3, -0.25) is 14.5 Å². The highest BCUT2D eigenvalue weighted by Crippen LogP contribution is 2.39. The maximum Gasteiger partial charge on any atom is 0.224 e. The average molecular weight is 757 g/mol. The molecule has 2 amide bonds. The summed E-state index contributed by atoms with van der Waals surface area (Å²) in [6.45, 7) is 2.93. The topological polar surface area (TPSA) is 146 Å². The van der Waals surface area contributed by atoms with Crippen LogP contribution in [0, 0.1) is 0 Å². The van der Waals surface area contributed by atoms with Crippen LogP contribution < -0.4 is 16.4 Å². The second kappa shape index (κ2) is 19.5. The molecule has 1 saturated heterocycles. The van der Waals surface area contributed by atoms with Gasteiger partial charge < -0.3 is 36.1 Å². The van der Waals surface area contributed by atoms with Crippen LogP contribution in [0.5, 0.6) is 0 Å². The molecule has 0 saturated carbocycles. The predicted molar refractivity (Wildman–Crippen MR) is 219 cm³/mol. The van der Waals surface area contributed by atoms with Gasteiger partial charge in [0.15, 0.2) is 6.29 Å². The zero-order valence-corrected chi connectivity index (χ0v) is 32.0. The number of benzene rings is 5. The first-order valence-electron chi connectivity index (χ1n) is 19.2. The number of para-hydroxylation sites is 2. The van der Waals surface area contributed by atoms with E-state index in [0.29, 0.717) is 37.3 Å². The molecule has 0 bridgehead atoms. The fraction of sp³-hybridized carbons (Fsp3) is 0.304. The number of hydrogen-bond acceptors (Lipinski definition) is 8. The summed E-state index contributed by atoms with van der Waals surface area (Å²) < 4.78 is 13.3. The third kappa shape index (κ3) is 10.9. The molecule has 1 fully saturated rings. The van der Waals surface area contributed by atoms with Crippen molar-refractivity contribution in [2.24, 2.45) is 0 Å². The second-order valence-corrected chi connectivity index (χ2v) is 14.5. The van der Waals surface area contributed by atoms with Gasteiger partial charge in [-0.25, -0.2) is 0 Å². The Labute approximate surface area is 329 Å². The number of nitrogens with zero attached hydrogens (tertiary/aromatic N) is 1. The van der Waals surface area contributed by atoms with Crippen LogP contribution in [-0.2, 0) is 32.2 Å². The second-order valence-electron chi connectivity index (χ2n) is 14.5. The lowest BCUT2D eigenvalue weighted by Gasteiger charge is -2.39. The minimum absolute atomic E-state index is 0.0286. The SMILES string of the molecule is C[C@H]([C@@H](O)c1ccccc1)N(C)C[C@@H]1C[C@H](c2ccc(CO)cc2)O[C@H](c2cccc(-c3cccc(CNC(=O)CCCC(=O)Nc4ccccc4N)c3)c2)O1. The molecule has 0 aliphatic carbocycles. The zero-order valence-electron chi connectivity index (χ0n) is 32.0. The fourth-order valence-corrected chi connectivity index (χ4v) is 6.94. The van der Waals surface area contributed by atoms with E-state index < -0.39 is 12.4 Å². The number of nitrogen functional groups attached to an aromatic ring is 1. The van der Waals surface area contributed by atoms with E-state index in [1.807, 2.05) is 105 Å². The molecule has 10 nitrogen and oxygen atoms in total. The third-order valence-electron chi connectivity index (χ3n) is 10.4. The van der Waals surface area contributed by atoms with Gasteiger partial charge in [0, 0.05) is 44.0 Å². The van der Waals surface area contributed by atoms with Crippen molar-refractivity contribution in [3.8, 4) is 11.1 Å². The number of amides is 2. The smallest absolute Gasteiger partial charge is 0.224 e. The molecule has 1 aliphatic rings. The van der Waals surface area contributed by atoms with Gasteiger partial charge in [-0.15, -0.1) is 0 Å². The van der Waals surface area contributed by atoms with Gasteiger partial charge in [-0.1, -0.05) is 103 Å². The largest absolute Gasteiger partial charge is 0.397 e. The number of likely N-dealkylation sites (N-methyl/N-ethyl adjacent to an activating group) is 1. The Hall–Kier alpha value is -5.36. The van der Waals surface area contributed by atoms with Gasteiger partial charge in [-0.2, -0.15) is 0 Å². The lowest BCUT2D eigenvalue weighted by atomic mass is 9.97. The molecule has 0 radical (unpaired) electrons. The van der Waals surface area contributed by atoms with E-state index >= 15 is 0 Å². The number of hydrogen-bond donors (Lipinski definition) is 5. The van der Waals surface area contributed by atoms with Crippen molar-refractivity contribution in [1.29, 1.82) is 0 Å². The molecule has 0 unspecified atom stereocenters. The number of carbonyl (C=O) groups excluding carboxylic acids is 2. The lowest BCUT2D eigenvalue weighted by molar-refractivity contribution is -0.253. The molecule has 6 N–H and O–H groups in total. The monoisotopic (exact) mass is 756 g/mol. The van der Waals surface area contributed by atoms with Crippen LogP contribution in [-0.4, -0.2) is 52.7 Å². The Bertz CT molecular complexity index is 2040. The summed E-state index contributed by atoms with van der Waals surface area (Å²) in [5.74, 6) is -0.307. The minimum atomic E-state index is -0.654. The Morgan fingerprint density at radius 1 is 0.804 bits per heavy atom. The predicted octanol–water partition coefficient (Wildman–Crippen LogP) is 7.45. The normalized spacial score (nSPS) is 17.9. The van der Waals surface area contributed by atoms with Gasteiger partial charge in [0.25, 0.3) is 0 Å². The molecule has 56 heavy (non-hydrogen) atoms. The van der Waals surface area contributed by atoms with Crippen molar-refractivity contribution in [2.45, 2.75) is 76.4 Å². The maximum absolute atomic E-state index is 12.7. The number of nitrogens with two attached hydrogens (primary N) is 1. The molecule has 6 rings (SSSR count). The first kappa shape index (κ1) is 40.3. The van der Waals surface area contributed by atoms with E-state index in [4.69, 9.17) is 15.2 Å². The van der Waals surface area contributed by atoms with Crippen LogP contribution in [0.4, 0.5) is 11.4 Å². The standard InChI is InChI=1S/C46H52N4O6/c1-31(45(54)35-12-4-3-5-13-35)50(2)29-39-27-42(34-23-21-32(30-51)22-24-34)56-46(55-39)38-16-9-15-37(26-38)36-14-8-11-33(25-36)28-48-43(52)19-10-20-44(53)49-41-18-7-6-17-40(41)47/h3-9,11-18,21-26,31,39,42,45-46,51,54H,10,19-20,27-30,47H2,1-2H3,(H,48,52)(H,49,53)/t31-,39+,42-,45-,46-/m1/s1. The van der Waals surface area contributed by atoms with E-state index in [2.05, 4.69) is 27.7 Å². The Balaban J connectivity index is 1.09. The first-order chi connectivity index (χ1) is 27.2. The number of carbonyl (C=O) groups is 2. The van der Waals surface area contributed by atoms with Crippen LogP contribution in [0.3, 0.4) is 0 Å². The fourth-order valence-electron chi connectivity index (χ4n) is 6.94. The van der Waals surface area contributed by atoms with Crippen molar-refractivity contribution < 1.29 is 29.3 Å². The molecule has 5 atom stereocenters. The van der Waals surface area contributed by atoms with Gasteiger partial charge >= 0.3 is 0 Å². The number of aliphatic hydroxyl groups is 2. The highest BCUT2D eigenvalue weighted by atomic mass is 16.7. The van der Waals surface area contributed by atoms with Crippen LogP contribution in [0.15, 0.2) is 127 Å². The molecule has 5 aromatic rings. The molecule has 1 aliphatic heterocycles. The minimum Gasteiger partial charge on any atom is -0.397 e. The van der Waals surface area contributed by atoms with Crippen LogP contribution in [0.2, 0.25) is 0 Å². The van der Waals surface area contributed by atoms with Gasteiger partial charge in [0.2, 0.25) is 11.8 Å². The summed E-state index contributed by atoms with van der Waals surface area (Å²) in [4.78, 5) is 27.1. The quantitative estimate of drug-likeness (QED) is 0.0653. The zero-order chi connectivity index (χ0) is 39.4. The van der Waals surface area contributed by atoms with Crippen molar-refractivity contribution >= 4 is 23.2 Å². The molecule has 5 aromatic carbocycles. The number of nitrogens with one attached hydrogen (secondary N) is 2. The maximum atomic E-state index is 12.7. The van der Waals surface area contributed by atoms with E-state index in [1.165, 1.54) is 0 Å². The van der Waals surface area contributed by atoms with Crippen LogP contribution >= 0.6 is 0 Å². The summed E-state index contributed by atoms with van der Waals surface area (Å²) in [6, 6.07) is 40.6. The van der Waals surface area contributed by atoms with Crippen LogP contribution in [0.25, 0.3) is 11.1 Å². The van der Waals surface area contributed by atoms with Crippen molar-refractivity contribution in [1.82, 2.24) is 10.2 Å². The summed E-state index contributed by atoms with van der Waals surface area (Å²) in [5, 5.41) is 26.6. The van der Waals surface area contributed by atoms with Gasteiger partial charge in [0.1, 0.15) is 0 Å². The van der Waals surface area contributed by atoms with Gasteiger partial charge in [-0.05, 0) is 78.0 Å². The molecular formula is C46H52N4O6. The summed E-state index contributed by atoms with van der Waals surface area (Å²) in [5.41, 5.74) is 13.5. The van der Waals surface area contributed by atoms with E-state index in [9.17, 15) is 19.8 Å². The summed E-state index contributed by atoms with van der Waals surface area (Å²) in [6.07, 6.45) is -0.253. The van der Waals surface area contributed by atoms with Crippen molar-refractivity contribution in [3.05, 3.63) is 155 Å². The van der Waals surface area contributed by atoms with Gasteiger partial charge in [0.05, 0.1) is 36.3 Å². The van der Waals surface area contributed by atoms with E-state index in [0.717, 1.165) is 38.9 Å². The van der Waals surface area contributed by atoms with Crippen molar-refractivity contribution in [2.75, 3.05) is 24.6 Å². The first-order valence-corrected chi connectivity index (χ1v) is 19.2. The Morgan fingerprint density at radius 2 is 1.50 bits per heavy atom. The molecule has 1 heterocycles. The lowest BCUT2D eigenvalue weighted by Crippen LogP contribution is -2.43. The number of anilines is 2. The highest BCUT2D eigenvalue weighted by Gasteiger charge is 2.34. The Morgan fingerprint density at radius 3 is 2.25 bits per heavy atom. The number of aliphatic hydroxyl groups excluding tert-OH is 2. The molecule has 0 aromatic heterocycles. The van der Waals surface area contributed by atoms with Crippen LogP contribution in [0.1, 0.15) is 78.9 Å². The summed E-state index contributed by atoms with van der Waals surface area (Å²) >= 11 is 0. The number of rotatable bonds is 16. The highest BCUT2D eigenvalue weighted by molar-refractivity contribution is 5.94. The van der Waals surface area contributed by atoms with E-state index in [-0.39, 0.29) is 49.5 Å².